The molecule has 5 nitrogen and oxygen atoms in total. The Hall–Kier alpha value is -1.88. The Labute approximate surface area is 136 Å². The highest BCUT2D eigenvalue weighted by molar-refractivity contribution is 5.87. The van der Waals surface area contributed by atoms with E-state index in [9.17, 15) is 9.59 Å². The molecule has 1 N–H and O–H groups in total. The molecule has 3 aliphatic rings. The molecule has 0 saturated carbocycles. The van der Waals surface area contributed by atoms with Gasteiger partial charge in [0.25, 0.3) is 5.91 Å². The van der Waals surface area contributed by atoms with E-state index in [-0.39, 0.29) is 17.2 Å². The van der Waals surface area contributed by atoms with E-state index in [2.05, 4.69) is 5.32 Å². The second kappa shape index (κ2) is 5.34. The standard InChI is InChI=1S/C18H22N2O3/c21-15-11-17(12-19-15)8-9-20(13-17)16(22)18(7-4-10-23-18)14-5-2-1-3-6-14/h1-3,5-6H,4,7-13H2,(H,19,21). The summed E-state index contributed by atoms with van der Waals surface area (Å²) in [6, 6.07) is 9.83. The SMILES string of the molecule is O=C1CC2(CCN(C(=O)C3(c4ccccc4)CCCO3)C2)CN1. The minimum atomic E-state index is -0.831. The molecule has 0 radical (unpaired) electrons. The lowest BCUT2D eigenvalue weighted by atomic mass is 9.86. The van der Waals surface area contributed by atoms with Crippen molar-refractivity contribution in [3.8, 4) is 0 Å². The van der Waals surface area contributed by atoms with E-state index < -0.39 is 5.60 Å². The first-order chi connectivity index (χ1) is 11.1. The number of likely N-dealkylation sites (tertiary alicyclic amines) is 1. The van der Waals surface area contributed by atoms with Crippen molar-refractivity contribution >= 4 is 11.8 Å². The van der Waals surface area contributed by atoms with Gasteiger partial charge in [-0.15, -0.1) is 0 Å². The predicted octanol–water partition coefficient (Wildman–Crippen LogP) is 1.43. The number of nitrogens with zero attached hydrogens (tertiary/aromatic N) is 1. The van der Waals surface area contributed by atoms with Crippen molar-refractivity contribution in [2.75, 3.05) is 26.2 Å². The second-order valence-electron chi connectivity index (χ2n) is 7.08. The van der Waals surface area contributed by atoms with Crippen LogP contribution in [0.2, 0.25) is 0 Å². The van der Waals surface area contributed by atoms with E-state index in [0.717, 1.165) is 24.8 Å². The molecule has 122 valence electrons. The Balaban J connectivity index is 1.59. The number of carbonyl (C=O) groups excluding carboxylic acids is 2. The van der Waals surface area contributed by atoms with Gasteiger partial charge in [-0.25, -0.2) is 0 Å². The van der Waals surface area contributed by atoms with Crippen LogP contribution < -0.4 is 5.32 Å². The molecule has 2 unspecified atom stereocenters. The van der Waals surface area contributed by atoms with Crippen LogP contribution in [0.5, 0.6) is 0 Å². The van der Waals surface area contributed by atoms with Gasteiger partial charge >= 0.3 is 0 Å². The maximum absolute atomic E-state index is 13.3. The van der Waals surface area contributed by atoms with Crippen LogP contribution in [0.4, 0.5) is 0 Å². The summed E-state index contributed by atoms with van der Waals surface area (Å²) in [6.07, 6.45) is 3.06. The molecule has 3 aliphatic heterocycles. The summed E-state index contributed by atoms with van der Waals surface area (Å²) < 4.78 is 6.00. The zero-order valence-corrected chi connectivity index (χ0v) is 13.2. The zero-order chi connectivity index (χ0) is 15.9. The summed E-state index contributed by atoms with van der Waals surface area (Å²) in [4.78, 5) is 26.8. The topological polar surface area (TPSA) is 58.6 Å². The van der Waals surface area contributed by atoms with Gasteiger partial charge in [0.15, 0.2) is 5.60 Å². The summed E-state index contributed by atoms with van der Waals surface area (Å²) in [5, 5.41) is 2.91. The van der Waals surface area contributed by atoms with E-state index >= 15 is 0 Å². The van der Waals surface area contributed by atoms with Crippen LogP contribution in [0.3, 0.4) is 0 Å². The summed E-state index contributed by atoms with van der Waals surface area (Å²) in [7, 11) is 0. The van der Waals surface area contributed by atoms with Crippen molar-refractivity contribution < 1.29 is 14.3 Å². The first-order valence-corrected chi connectivity index (χ1v) is 8.39. The minimum absolute atomic E-state index is 0.0662. The molecule has 2 atom stereocenters. The third-order valence-corrected chi connectivity index (χ3v) is 5.53. The Morgan fingerprint density at radius 2 is 2.04 bits per heavy atom. The normalized spacial score (nSPS) is 33.4. The lowest BCUT2D eigenvalue weighted by molar-refractivity contribution is -0.153. The van der Waals surface area contributed by atoms with Crippen LogP contribution in [0.1, 0.15) is 31.2 Å². The van der Waals surface area contributed by atoms with Gasteiger partial charge in [0, 0.05) is 38.1 Å². The molecule has 3 fully saturated rings. The van der Waals surface area contributed by atoms with Crippen molar-refractivity contribution in [2.45, 2.75) is 31.3 Å². The molecule has 3 saturated heterocycles. The fourth-order valence-electron chi connectivity index (χ4n) is 4.27. The summed E-state index contributed by atoms with van der Waals surface area (Å²) >= 11 is 0. The Morgan fingerprint density at radius 3 is 2.70 bits per heavy atom. The van der Waals surface area contributed by atoms with Gasteiger partial charge in [-0.3, -0.25) is 9.59 Å². The third-order valence-electron chi connectivity index (χ3n) is 5.53. The first kappa shape index (κ1) is 14.7. The molecular formula is C18H22N2O3. The van der Waals surface area contributed by atoms with Gasteiger partial charge in [0.1, 0.15) is 0 Å². The largest absolute Gasteiger partial charge is 0.360 e. The molecule has 3 heterocycles. The van der Waals surface area contributed by atoms with Crippen LogP contribution in [0, 0.1) is 5.41 Å². The van der Waals surface area contributed by atoms with E-state index in [0.29, 0.717) is 32.7 Å². The number of carbonyl (C=O) groups is 2. The molecule has 1 aromatic rings. The van der Waals surface area contributed by atoms with Crippen LogP contribution in [-0.4, -0.2) is 43.0 Å². The fraction of sp³-hybridized carbons (Fsp3) is 0.556. The fourth-order valence-corrected chi connectivity index (χ4v) is 4.27. The van der Waals surface area contributed by atoms with Crippen LogP contribution in [0.25, 0.3) is 0 Å². The smallest absolute Gasteiger partial charge is 0.259 e. The average molecular weight is 314 g/mol. The number of ether oxygens (including phenoxy) is 1. The van der Waals surface area contributed by atoms with Gasteiger partial charge in [-0.2, -0.15) is 0 Å². The summed E-state index contributed by atoms with van der Waals surface area (Å²) in [5.41, 5.74) is 0.0514. The molecule has 0 bridgehead atoms. The summed E-state index contributed by atoms with van der Waals surface area (Å²) in [6.45, 7) is 2.68. The van der Waals surface area contributed by atoms with Gasteiger partial charge in [0.05, 0.1) is 0 Å². The van der Waals surface area contributed by atoms with Crippen molar-refractivity contribution in [3.05, 3.63) is 35.9 Å². The van der Waals surface area contributed by atoms with E-state index in [4.69, 9.17) is 4.74 Å². The van der Waals surface area contributed by atoms with E-state index in [1.165, 1.54) is 0 Å². The Bertz CT molecular complexity index is 624. The predicted molar refractivity (Wildman–Crippen MR) is 84.6 cm³/mol. The number of nitrogens with one attached hydrogen (secondary N) is 1. The summed E-state index contributed by atoms with van der Waals surface area (Å²) in [5.74, 6) is 0.173. The first-order valence-electron chi connectivity index (χ1n) is 8.39. The average Bonchev–Trinajstić information content (AvgIpc) is 3.30. The minimum Gasteiger partial charge on any atom is -0.360 e. The Morgan fingerprint density at radius 1 is 1.22 bits per heavy atom. The van der Waals surface area contributed by atoms with Crippen molar-refractivity contribution in [1.82, 2.24) is 10.2 Å². The molecule has 5 heteroatoms. The monoisotopic (exact) mass is 314 g/mol. The third kappa shape index (κ3) is 2.34. The van der Waals surface area contributed by atoms with Crippen LogP contribution >= 0.6 is 0 Å². The van der Waals surface area contributed by atoms with Gasteiger partial charge in [-0.1, -0.05) is 30.3 Å². The van der Waals surface area contributed by atoms with Crippen molar-refractivity contribution in [1.29, 1.82) is 0 Å². The molecule has 1 spiro atoms. The molecule has 4 rings (SSSR count). The highest BCUT2D eigenvalue weighted by Crippen LogP contribution is 2.42. The molecule has 23 heavy (non-hydrogen) atoms. The van der Waals surface area contributed by atoms with E-state index in [1.807, 2.05) is 35.2 Å². The molecule has 1 aromatic carbocycles. The lowest BCUT2D eigenvalue weighted by Gasteiger charge is -2.33. The zero-order valence-electron chi connectivity index (χ0n) is 13.2. The molecular weight excluding hydrogens is 292 g/mol. The van der Waals surface area contributed by atoms with Crippen molar-refractivity contribution in [2.24, 2.45) is 5.41 Å². The quantitative estimate of drug-likeness (QED) is 0.898. The number of benzene rings is 1. The molecule has 0 aromatic heterocycles. The highest BCUT2D eigenvalue weighted by atomic mass is 16.5. The van der Waals surface area contributed by atoms with Gasteiger partial charge < -0.3 is 15.0 Å². The molecule has 0 aliphatic carbocycles. The number of amides is 2. The maximum atomic E-state index is 13.3. The number of rotatable bonds is 2. The van der Waals surface area contributed by atoms with Crippen LogP contribution in [-0.2, 0) is 19.9 Å². The second-order valence-corrected chi connectivity index (χ2v) is 7.08. The van der Waals surface area contributed by atoms with Gasteiger partial charge in [0.2, 0.25) is 5.91 Å². The number of hydrogen-bond donors (Lipinski definition) is 1. The van der Waals surface area contributed by atoms with Crippen molar-refractivity contribution in [3.63, 3.8) is 0 Å². The molecule has 2 amide bonds. The number of hydrogen-bond acceptors (Lipinski definition) is 3. The lowest BCUT2D eigenvalue weighted by Crippen LogP contribution is -2.46. The van der Waals surface area contributed by atoms with Gasteiger partial charge in [-0.05, 0) is 24.8 Å². The maximum Gasteiger partial charge on any atom is 0.259 e. The van der Waals surface area contributed by atoms with E-state index in [1.54, 1.807) is 0 Å². The Kier molecular flexibility index (Phi) is 3.41. The highest BCUT2D eigenvalue weighted by Gasteiger charge is 2.51. The van der Waals surface area contributed by atoms with Crippen LogP contribution in [0.15, 0.2) is 30.3 Å².